The Bertz CT molecular complexity index is 934. The molecule has 0 amide bonds. The van der Waals surface area contributed by atoms with Gasteiger partial charge in [-0.05, 0) is 49.6 Å². The van der Waals surface area contributed by atoms with E-state index in [2.05, 4.69) is 79.3 Å². The predicted molar refractivity (Wildman–Crippen MR) is 104 cm³/mol. The minimum Gasteiger partial charge on any atom is -0.319 e. The van der Waals surface area contributed by atoms with Crippen molar-refractivity contribution in [2.75, 3.05) is 6.54 Å². The summed E-state index contributed by atoms with van der Waals surface area (Å²) in [5, 5.41) is 0. The van der Waals surface area contributed by atoms with Gasteiger partial charge in [0.15, 0.2) is 0 Å². The molecule has 0 N–H and O–H groups in total. The quantitative estimate of drug-likeness (QED) is 0.648. The summed E-state index contributed by atoms with van der Waals surface area (Å²) >= 11 is 0. The lowest BCUT2D eigenvalue weighted by Gasteiger charge is -2.33. The lowest BCUT2D eigenvalue weighted by atomic mass is 10.1. The topological polar surface area (TPSA) is 21.1 Å². The first kappa shape index (κ1) is 16.1. The fourth-order valence-electron chi connectivity index (χ4n) is 3.74. The van der Waals surface area contributed by atoms with Gasteiger partial charge in [0.1, 0.15) is 5.82 Å². The van der Waals surface area contributed by atoms with Crippen LogP contribution in [0.5, 0.6) is 0 Å². The van der Waals surface area contributed by atoms with Gasteiger partial charge in [0.2, 0.25) is 0 Å². The summed E-state index contributed by atoms with van der Waals surface area (Å²) < 4.78 is 2.38. The van der Waals surface area contributed by atoms with Crippen LogP contribution in [0.1, 0.15) is 34.1 Å². The highest BCUT2D eigenvalue weighted by Crippen LogP contribution is 2.30. The number of benzene rings is 2. The van der Waals surface area contributed by atoms with Crippen molar-refractivity contribution in [3.63, 3.8) is 0 Å². The summed E-state index contributed by atoms with van der Waals surface area (Å²) in [6.07, 6.45) is 2.06. The first-order valence-electron chi connectivity index (χ1n) is 8.93. The molecular formula is C22H25N3. The second-order valence-electron chi connectivity index (χ2n) is 7.28. The Morgan fingerprint density at radius 2 is 1.84 bits per heavy atom. The zero-order valence-electron chi connectivity index (χ0n) is 15.3. The molecule has 0 spiro atoms. The van der Waals surface area contributed by atoms with Gasteiger partial charge in [-0.2, -0.15) is 0 Å². The number of aromatic nitrogens is 2. The molecule has 3 heteroatoms. The van der Waals surface area contributed by atoms with E-state index in [1.807, 2.05) is 0 Å². The van der Waals surface area contributed by atoms with Gasteiger partial charge in [-0.15, -0.1) is 6.58 Å². The molecule has 4 rings (SSSR count). The highest BCUT2D eigenvalue weighted by Gasteiger charge is 2.26. The van der Waals surface area contributed by atoms with E-state index in [1.54, 1.807) is 0 Å². The fraction of sp³-hybridized carbons (Fsp3) is 0.318. The SMILES string of the molecule is C=C[C@H]1CN(Cc2ccc(C)cc2)Cc2nc3cc(C)c(C)cc3n21. The van der Waals surface area contributed by atoms with Gasteiger partial charge in [-0.25, -0.2) is 4.98 Å². The molecule has 1 aliphatic rings. The summed E-state index contributed by atoms with van der Waals surface area (Å²) in [5.41, 5.74) is 7.61. The molecule has 2 aromatic carbocycles. The number of imidazole rings is 1. The van der Waals surface area contributed by atoms with E-state index in [-0.39, 0.29) is 6.04 Å². The van der Waals surface area contributed by atoms with Crippen LogP contribution < -0.4 is 0 Å². The molecule has 2 heterocycles. The molecule has 25 heavy (non-hydrogen) atoms. The normalized spacial score (nSPS) is 17.6. The highest BCUT2D eigenvalue weighted by atomic mass is 15.3. The van der Waals surface area contributed by atoms with Gasteiger partial charge in [0.05, 0.1) is 23.6 Å². The number of fused-ring (bicyclic) bond motifs is 3. The van der Waals surface area contributed by atoms with E-state index in [0.717, 1.165) is 31.0 Å². The molecule has 3 aromatic rings. The molecule has 128 valence electrons. The van der Waals surface area contributed by atoms with Crippen molar-refractivity contribution in [1.82, 2.24) is 14.5 Å². The lowest BCUT2D eigenvalue weighted by molar-refractivity contribution is 0.194. The van der Waals surface area contributed by atoms with Crippen molar-refractivity contribution >= 4 is 11.0 Å². The van der Waals surface area contributed by atoms with Crippen LogP contribution in [0, 0.1) is 20.8 Å². The zero-order chi connectivity index (χ0) is 17.6. The molecule has 1 aromatic heterocycles. The van der Waals surface area contributed by atoms with Gasteiger partial charge in [0, 0.05) is 13.1 Å². The maximum Gasteiger partial charge on any atom is 0.124 e. The molecule has 0 saturated heterocycles. The minimum absolute atomic E-state index is 0.265. The Kier molecular flexibility index (Phi) is 3.97. The Morgan fingerprint density at radius 1 is 1.12 bits per heavy atom. The van der Waals surface area contributed by atoms with E-state index in [4.69, 9.17) is 4.98 Å². The van der Waals surface area contributed by atoms with Crippen LogP contribution in [0.15, 0.2) is 49.1 Å². The molecule has 0 unspecified atom stereocenters. The zero-order valence-corrected chi connectivity index (χ0v) is 15.3. The molecule has 0 fully saturated rings. The summed E-state index contributed by atoms with van der Waals surface area (Å²) in [6, 6.07) is 13.6. The van der Waals surface area contributed by atoms with Crippen LogP contribution in [0.4, 0.5) is 0 Å². The largest absolute Gasteiger partial charge is 0.319 e. The van der Waals surface area contributed by atoms with Crippen molar-refractivity contribution in [1.29, 1.82) is 0 Å². The third-order valence-electron chi connectivity index (χ3n) is 5.32. The second kappa shape index (κ2) is 6.16. The molecule has 1 aliphatic heterocycles. The van der Waals surface area contributed by atoms with Gasteiger partial charge in [0.25, 0.3) is 0 Å². The Labute approximate surface area is 149 Å². The van der Waals surface area contributed by atoms with Gasteiger partial charge in [-0.3, -0.25) is 4.90 Å². The van der Waals surface area contributed by atoms with Crippen LogP contribution in [0.25, 0.3) is 11.0 Å². The molecule has 0 saturated carbocycles. The third kappa shape index (κ3) is 2.89. The summed E-state index contributed by atoms with van der Waals surface area (Å²) in [7, 11) is 0. The number of aryl methyl sites for hydroxylation is 3. The van der Waals surface area contributed by atoms with Crippen LogP contribution in [0.3, 0.4) is 0 Å². The lowest BCUT2D eigenvalue weighted by Crippen LogP contribution is -2.36. The standard InChI is InChI=1S/C22H25N3/c1-5-19-13-24(12-18-8-6-15(2)7-9-18)14-22-23-20-10-16(3)17(4)11-21(20)25(19)22/h5-11,19H,1,12-14H2,2-4H3/t19-/m0/s1. The Balaban J connectivity index is 1.70. The number of rotatable bonds is 3. The second-order valence-corrected chi connectivity index (χ2v) is 7.28. The van der Waals surface area contributed by atoms with E-state index in [0.29, 0.717) is 0 Å². The van der Waals surface area contributed by atoms with E-state index >= 15 is 0 Å². The first-order valence-corrected chi connectivity index (χ1v) is 8.93. The predicted octanol–water partition coefficient (Wildman–Crippen LogP) is 4.70. The molecule has 0 radical (unpaired) electrons. The van der Waals surface area contributed by atoms with Crippen molar-refractivity contribution < 1.29 is 0 Å². The third-order valence-corrected chi connectivity index (χ3v) is 5.32. The molecular weight excluding hydrogens is 306 g/mol. The van der Waals surface area contributed by atoms with Crippen LogP contribution in [-0.2, 0) is 13.1 Å². The number of hydrogen-bond donors (Lipinski definition) is 0. The van der Waals surface area contributed by atoms with Crippen LogP contribution in [-0.4, -0.2) is 21.0 Å². The average Bonchev–Trinajstić information content (AvgIpc) is 2.94. The maximum atomic E-state index is 4.93. The molecule has 0 bridgehead atoms. The van der Waals surface area contributed by atoms with Crippen LogP contribution >= 0.6 is 0 Å². The van der Waals surface area contributed by atoms with Crippen molar-refractivity contribution in [2.45, 2.75) is 39.9 Å². The van der Waals surface area contributed by atoms with Gasteiger partial charge in [-0.1, -0.05) is 35.9 Å². The van der Waals surface area contributed by atoms with Crippen LogP contribution in [0.2, 0.25) is 0 Å². The minimum atomic E-state index is 0.265. The van der Waals surface area contributed by atoms with Crippen molar-refractivity contribution in [2.24, 2.45) is 0 Å². The Hall–Kier alpha value is -2.39. The van der Waals surface area contributed by atoms with Crippen molar-refractivity contribution in [3.8, 4) is 0 Å². The summed E-state index contributed by atoms with van der Waals surface area (Å²) in [5.74, 6) is 1.14. The van der Waals surface area contributed by atoms with Gasteiger partial charge >= 0.3 is 0 Å². The number of nitrogens with zero attached hydrogens (tertiary/aromatic N) is 3. The fourth-order valence-corrected chi connectivity index (χ4v) is 3.74. The van der Waals surface area contributed by atoms with Crippen molar-refractivity contribution in [3.05, 3.63) is 77.1 Å². The van der Waals surface area contributed by atoms with E-state index < -0.39 is 0 Å². The first-order chi connectivity index (χ1) is 12.0. The number of hydrogen-bond acceptors (Lipinski definition) is 2. The molecule has 0 aliphatic carbocycles. The van der Waals surface area contributed by atoms with E-state index in [9.17, 15) is 0 Å². The molecule has 3 nitrogen and oxygen atoms in total. The summed E-state index contributed by atoms with van der Waals surface area (Å²) in [6.45, 7) is 13.3. The molecule has 1 atom stereocenters. The Morgan fingerprint density at radius 3 is 2.56 bits per heavy atom. The van der Waals surface area contributed by atoms with E-state index in [1.165, 1.54) is 27.8 Å². The summed E-state index contributed by atoms with van der Waals surface area (Å²) in [4.78, 5) is 7.40. The highest BCUT2D eigenvalue weighted by molar-refractivity contribution is 5.78. The smallest absolute Gasteiger partial charge is 0.124 e. The maximum absolute atomic E-state index is 4.93. The monoisotopic (exact) mass is 331 g/mol. The van der Waals surface area contributed by atoms with Gasteiger partial charge < -0.3 is 4.57 Å². The average molecular weight is 331 g/mol.